The summed E-state index contributed by atoms with van der Waals surface area (Å²) < 4.78 is 1.51. The number of anilines is 1. The molecule has 10 heteroatoms. The monoisotopic (exact) mass is 404 g/mol. The predicted octanol–water partition coefficient (Wildman–Crippen LogP) is 4.12. The molecule has 7 nitrogen and oxygen atoms in total. The second kappa shape index (κ2) is 6.64. The first kappa shape index (κ1) is 16.9. The zero-order valence-corrected chi connectivity index (χ0v) is 15.6. The van der Waals surface area contributed by atoms with Gasteiger partial charge in [-0.25, -0.2) is 14.5 Å². The highest BCUT2D eigenvalue weighted by Crippen LogP contribution is 2.32. The van der Waals surface area contributed by atoms with E-state index in [0.29, 0.717) is 32.2 Å². The number of benzene rings is 1. The van der Waals surface area contributed by atoms with Gasteiger partial charge in [0.2, 0.25) is 5.82 Å². The number of aromatic nitrogens is 5. The molecule has 0 saturated carbocycles. The summed E-state index contributed by atoms with van der Waals surface area (Å²) in [7, 11) is 0. The van der Waals surface area contributed by atoms with Crippen LogP contribution in [-0.4, -0.2) is 30.5 Å². The summed E-state index contributed by atoms with van der Waals surface area (Å²) >= 11 is 13.5. The van der Waals surface area contributed by atoms with Crippen molar-refractivity contribution >= 4 is 51.4 Å². The van der Waals surface area contributed by atoms with Crippen LogP contribution < -0.4 is 5.32 Å². The Morgan fingerprint density at radius 3 is 2.88 bits per heavy atom. The Labute approximate surface area is 161 Å². The number of hydrogen-bond donors (Lipinski definition) is 1. The van der Waals surface area contributed by atoms with Crippen LogP contribution in [0.25, 0.3) is 17.0 Å². The molecule has 0 aliphatic rings. The lowest BCUT2D eigenvalue weighted by Gasteiger charge is -2.01. The predicted molar refractivity (Wildman–Crippen MR) is 101 cm³/mol. The number of hydrogen-bond acceptors (Lipinski definition) is 6. The fourth-order valence-electron chi connectivity index (χ4n) is 2.30. The number of nitrogens with one attached hydrogen (secondary N) is 1. The zero-order chi connectivity index (χ0) is 18.3. The molecule has 1 amide bonds. The van der Waals surface area contributed by atoms with Gasteiger partial charge in [-0.1, -0.05) is 23.2 Å². The fourth-order valence-corrected chi connectivity index (χ4v) is 3.40. The number of nitrogens with zero attached hydrogens (tertiary/aromatic N) is 5. The van der Waals surface area contributed by atoms with Crippen LogP contribution in [0.3, 0.4) is 0 Å². The summed E-state index contributed by atoms with van der Waals surface area (Å²) in [6, 6.07) is 6.91. The highest BCUT2D eigenvalue weighted by molar-refractivity contribution is 7.14. The Morgan fingerprint density at radius 2 is 2.08 bits per heavy atom. The first-order valence-corrected chi connectivity index (χ1v) is 9.05. The van der Waals surface area contributed by atoms with Crippen molar-refractivity contribution in [1.82, 2.24) is 24.6 Å². The van der Waals surface area contributed by atoms with E-state index in [4.69, 9.17) is 23.2 Å². The molecule has 0 fully saturated rings. The van der Waals surface area contributed by atoms with Gasteiger partial charge in [0.15, 0.2) is 5.13 Å². The van der Waals surface area contributed by atoms with Crippen LogP contribution in [0.15, 0.2) is 35.8 Å². The van der Waals surface area contributed by atoms with Gasteiger partial charge in [0.05, 0.1) is 10.7 Å². The molecule has 0 bridgehead atoms. The van der Waals surface area contributed by atoms with Crippen LogP contribution in [0.1, 0.15) is 16.3 Å². The number of carbonyl (C=O) groups is 1. The molecule has 0 radical (unpaired) electrons. The lowest BCUT2D eigenvalue weighted by Crippen LogP contribution is -2.13. The molecule has 3 aromatic heterocycles. The van der Waals surface area contributed by atoms with Crippen LogP contribution in [0.5, 0.6) is 0 Å². The van der Waals surface area contributed by atoms with E-state index in [0.717, 1.165) is 5.69 Å². The Hall–Kier alpha value is -2.55. The van der Waals surface area contributed by atoms with Crippen molar-refractivity contribution in [2.24, 2.45) is 0 Å². The van der Waals surface area contributed by atoms with Crippen molar-refractivity contribution in [2.45, 2.75) is 6.92 Å². The highest BCUT2D eigenvalue weighted by Gasteiger charge is 2.17. The second-order valence-electron chi connectivity index (χ2n) is 5.35. The molecule has 0 atom stereocenters. The first-order valence-electron chi connectivity index (χ1n) is 7.42. The minimum absolute atomic E-state index is 0.0179. The second-order valence-corrected chi connectivity index (χ2v) is 7.05. The van der Waals surface area contributed by atoms with E-state index >= 15 is 0 Å². The summed E-state index contributed by atoms with van der Waals surface area (Å²) in [6.45, 7) is 1.85. The maximum Gasteiger partial charge on any atom is 0.297 e. The Bertz CT molecular complexity index is 1140. The van der Waals surface area contributed by atoms with Gasteiger partial charge in [-0.2, -0.15) is 4.98 Å². The summed E-state index contributed by atoms with van der Waals surface area (Å²) in [5.41, 5.74) is 2.15. The van der Waals surface area contributed by atoms with Crippen molar-refractivity contribution in [3.63, 3.8) is 0 Å². The standard InChI is InChI=1S/C16H10Cl2N6OS/c1-8-4-5-19-15-21-13(23-24(8)15)14(25)22-16-20-12(7-26-16)10-6-9(17)2-3-11(10)18/h2-7H,1H3,(H,20,22,25). The van der Waals surface area contributed by atoms with Crippen molar-refractivity contribution in [1.29, 1.82) is 0 Å². The van der Waals surface area contributed by atoms with E-state index in [1.807, 2.05) is 6.92 Å². The van der Waals surface area contributed by atoms with Crippen molar-refractivity contribution in [2.75, 3.05) is 5.32 Å². The Morgan fingerprint density at radius 1 is 1.23 bits per heavy atom. The topological polar surface area (TPSA) is 85.1 Å². The molecular formula is C16H10Cl2N6OS. The normalized spacial score (nSPS) is 11.0. The summed E-state index contributed by atoms with van der Waals surface area (Å²) in [5.74, 6) is -0.0852. The van der Waals surface area contributed by atoms with E-state index < -0.39 is 5.91 Å². The summed E-state index contributed by atoms with van der Waals surface area (Å²) in [5, 5.41) is 10.1. The molecule has 3 heterocycles. The molecule has 4 aromatic rings. The molecular weight excluding hydrogens is 395 g/mol. The maximum absolute atomic E-state index is 12.4. The smallest absolute Gasteiger partial charge is 0.295 e. The van der Waals surface area contributed by atoms with Gasteiger partial charge in [0.1, 0.15) is 0 Å². The number of carbonyl (C=O) groups excluding carboxylic acids is 1. The minimum Gasteiger partial charge on any atom is -0.295 e. The van der Waals surface area contributed by atoms with Gasteiger partial charge in [-0.3, -0.25) is 10.1 Å². The minimum atomic E-state index is -0.465. The van der Waals surface area contributed by atoms with Gasteiger partial charge >= 0.3 is 0 Å². The average Bonchev–Trinajstić information content (AvgIpc) is 3.25. The highest BCUT2D eigenvalue weighted by atomic mass is 35.5. The van der Waals surface area contributed by atoms with E-state index in [-0.39, 0.29) is 5.82 Å². The van der Waals surface area contributed by atoms with Crippen LogP contribution >= 0.6 is 34.5 Å². The third kappa shape index (κ3) is 3.14. The van der Waals surface area contributed by atoms with Crippen molar-refractivity contribution < 1.29 is 4.79 Å². The largest absolute Gasteiger partial charge is 0.297 e. The molecule has 0 spiro atoms. The lowest BCUT2D eigenvalue weighted by molar-refractivity contribution is 0.101. The van der Waals surface area contributed by atoms with Crippen molar-refractivity contribution in [3.05, 3.63) is 57.4 Å². The van der Waals surface area contributed by atoms with Gasteiger partial charge in [-0.15, -0.1) is 16.4 Å². The molecule has 130 valence electrons. The summed E-state index contributed by atoms with van der Waals surface area (Å²) in [6.07, 6.45) is 1.61. The van der Waals surface area contributed by atoms with Crippen LogP contribution in [-0.2, 0) is 0 Å². The number of halogens is 2. The third-order valence-corrected chi connectivity index (χ3v) is 4.88. The van der Waals surface area contributed by atoms with Crippen molar-refractivity contribution in [3.8, 4) is 11.3 Å². The number of aryl methyl sites for hydroxylation is 1. The Kier molecular flexibility index (Phi) is 4.31. The summed E-state index contributed by atoms with van der Waals surface area (Å²) in [4.78, 5) is 25.0. The first-order chi connectivity index (χ1) is 12.5. The van der Waals surface area contributed by atoms with Crippen LogP contribution in [0.4, 0.5) is 5.13 Å². The zero-order valence-electron chi connectivity index (χ0n) is 13.3. The average molecular weight is 405 g/mol. The quantitative estimate of drug-likeness (QED) is 0.554. The van der Waals surface area contributed by atoms with E-state index in [2.05, 4.69) is 25.4 Å². The fraction of sp³-hybridized carbons (Fsp3) is 0.0625. The van der Waals surface area contributed by atoms with Gasteiger partial charge in [-0.05, 0) is 31.2 Å². The third-order valence-electron chi connectivity index (χ3n) is 3.56. The molecule has 0 aliphatic carbocycles. The maximum atomic E-state index is 12.4. The molecule has 0 aliphatic heterocycles. The molecule has 0 unspecified atom stereocenters. The molecule has 1 N–H and O–H groups in total. The molecule has 26 heavy (non-hydrogen) atoms. The van der Waals surface area contributed by atoms with Gasteiger partial charge in [0.25, 0.3) is 11.7 Å². The SMILES string of the molecule is Cc1ccnc2nc(C(=O)Nc3nc(-c4cc(Cl)ccc4Cl)cs3)nn12. The lowest BCUT2D eigenvalue weighted by atomic mass is 10.2. The van der Waals surface area contributed by atoms with Gasteiger partial charge < -0.3 is 0 Å². The van der Waals surface area contributed by atoms with Gasteiger partial charge in [0, 0.05) is 27.9 Å². The molecule has 1 aromatic carbocycles. The molecule has 0 saturated heterocycles. The number of amides is 1. The number of thiazole rings is 1. The van der Waals surface area contributed by atoms with E-state index in [1.54, 1.807) is 35.8 Å². The molecule has 4 rings (SSSR count). The van der Waals surface area contributed by atoms with E-state index in [1.165, 1.54) is 15.9 Å². The Balaban J connectivity index is 1.59. The van der Waals surface area contributed by atoms with Crippen LogP contribution in [0.2, 0.25) is 10.0 Å². The van der Waals surface area contributed by atoms with Crippen LogP contribution in [0, 0.1) is 6.92 Å². The van der Waals surface area contributed by atoms with E-state index in [9.17, 15) is 4.79 Å². The number of rotatable bonds is 3. The number of fused-ring (bicyclic) bond motifs is 1.